The van der Waals surface area contributed by atoms with Crippen LogP contribution >= 0.6 is 11.3 Å². The Morgan fingerprint density at radius 3 is 2.63 bits per heavy atom. The molecule has 0 fully saturated rings. The van der Waals surface area contributed by atoms with Gasteiger partial charge >= 0.3 is 12.1 Å². The number of rotatable bonds is 3. The molecule has 1 aliphatic rings. The van der Waals surface area contributed by atoms with E-state index in [9.17, 15) is 27.9 Å². The van der Waals surface area contributed by atoms with Crippen LogP contribution in [0.5, 0.6) is 0 Å². The van der Waals surface area contributed by atoms with E-state index < -0.39 is 23.6 Å². The Labute approximate surface area is 156 Å². The van der Waals surface area contributed by atoms with Crippen molar-refractivity contribution in [2.24, 2.45) is 4.99 Å². The number of hydrogen-bond acceptors (Lipinski definition) is 3. The molecular weight excluding hydrogens is 381 g/mol. The fraction of sp³-hybridized carbons (Fsp3) is 0.389. The third kappa shape index (κ3) is 4.47. The molecule has 0 atom stereocenters. The first kappa shape index (κ1) is 19.3. The van der Waals surface area contributed by atoms with Gasteiger partial charge in [-0.1, -0.05) is 12.5 Å². The molecule has 144 valence electrons. The number of nitrogens with zero attached hydrogens (tertiary/aromatic N) is 2. The average Bonchev–Trinajstić information content (AvgIpc) is 2.77. The summed E-state index contributed by atoms with van der Waals surface area (Å²) in [5.41, 5.74) is -0.255. The van der Waals surface area contributed by atoms with Gasteiger partial charge in [-0.25, -0.2) is 0 Å². The zero-order chi connectivity index (χ0) is 19.6. The maximum atomic E-state index is 12.8. The van der Waals surface area contributed by atoms with Crippen LogP contribution in [0.1, 0.15) is 45.8 Å². The molecular formula is C18H17F3N2O3S. The number of fused-ring (bicyclic) bond motifs is 1. The van der Waals surface area contributed by atoms with Gasteiger partial charge in [0.25, 0.3) is 5.91 Å². The monoisotopic (exact) mass is 398 g/mol. The van der Waals surface area contributed by atoms with Gasteiger partial charge in [-0.3, -0.25) is 9.59 Å². The number of aryl methyl sites for hydroxylation is 1. The van der Waals surface area contributed by atoms with Gasteiger partial charge in [-0.2, -0.15) is 18.2 Å². The van der Waals surface area contributed by atoms with Crippen molar-refractivity contribution in [3.63, 3.8) is 0 Å². The topological polar surface area (TPSA) is 71.7 Å². The van der Waals surface area contributed by atoms with Crippen molar-refractivity contribution in [2.75, 3.05) is 0 Å². The molecule has 0 aliphatic heterocycles. The molecule has 0 saturated heterocycles. The fourth-order valence-corrected chi connectivity index (χ4v) is 4.29. The Kier molecular flexibility index (Phi) is 5.50. The number of carbonyl (C=O) groups excluding carboxylic acids is 1. The van der Waals surface area contributed by atoms with Crippen molar-refractivity contribution >= 4 is 23.2 Å². The van der Waals surface area contributed by atoms with Gasteiger partial charge in [0.15, 0.2) is 4.80 Å². The quantitative estimate of drug-likeness (QED) is 0.802. The Hall–Kier alpha value is -2.42. The van der Waals surface area contributed by atoms with Crippen LogP contribution in [0, 0.1) is 0 Å². The molecule has 0 bridgehead atoms. The summed E-state index contributed by atoms with van der Waals surface area (Å²) in [7, 11) is 0. The van der Waals surface area contributed by atoms with E-state index in [0.29, 0.717) is 6.42 Å². The van der Waals surface area contributed by atoms with Crippen LogP contribution in [0.3, 0.4) is 0 Å². The molecule has 9 heteroatoms. The number of carboxylic acid groups (broad SMARTS) is 1. The van der Waals surface area contributed by atoms with Crippen LogP contribution in [0.25, 0.3) is 0 Å². The van der Waals surface area contributed by atoms with Crippen molar-refractivity contribution in [1.29, 1.82) is 0 Å². The van der Waals surface area contributed by atoms with Crippen molar-refractivity contribution < 1.29 is 27.9 Å². The van der Waals surface area contributed by atoms with E-state index in [-0.39, 0.29) is 16.9 Å². The summed E-state index contributed by atoms with van der Waals surface area (Å²) < 4.78 is 40.0. The van der Waals surface area contributed by atoms with Crippen LogP contribution in [-0.4, -0.2) is 21.6 Å². The predicted octanol–water partition coefficient (Wildman–Crippen LogP) is 3.66. The molecule has 1 amide bonds. The Morgan fingerprint density at radius 2 is 1.93 bits per heavy atom. The maximum absolute atomic E-state index is 12.8. The minimum atomic E-state index is -4.56. The number of halogens is 3. The Balaban J connectivity index is 2.04. The Morgan fingerprint density at radius 1 is 1.19 bits per heavy atom. The molecule has 0 radical (unpaired) electrons. The number of carbonyl (C=O) groups is 2. The zero-order valence-electron chi connectivity index (χ0n) is 14.3. The van der Waals surface area contributed by atoms with Crippen LogP contribution < -0.4 is 4.80 Å². The summed E-state index contributed by atoms with van der Waals surface area (Å²) in [5.74, 6) is -1.88. The first-order valence-corrected chi connectivity index (χ1v) is 9.27. The predicted molar refractivity (Wildman–Crippen MR) is 92.5 cm³/mol. The number of carboxylic acids is 1. The first-order chi connectivity index (χ1) is 12.8. The lowest BCUT2D eigenvalue weighted by Gasteiger charge is -2.07. The largest absolute Gasteiger partial charge is 0.480 e. The SMILES string of the molecule is O=C(O)Cn1c2c(s/c1=N\C(=O)c1cccc(C(F)(F)F)c1)CCCCC2. The minimum Gasteiger partial charge on any atom is -0.480 e. The molecule has 0 saturated carbocycles. The second kappa shape index (κ2) is 7.67. The van der Waals surface area contributed by atoms with Crippen molar-refractivity contribution in [1.82, 2.24) is 4.57 Å². The third-order valence-corrected chi connectivity index (χ3v) is 5.52. The fourth-order valence-electron chi connectivity index (χ4n) is 3.08. The average molecular weight is 398 g/mol. The standard InChI is InChI=1S/C18H17F3N2O3S/c19-18(20,21)12-6-4-5-11(9-12)16(26)22-17-23(10-15(24)25)13-7-2-1-3-8-14(13)27-17/h4-6,9H,1-3,7-8,10H2,(H,24,25)/b22-17-. The van der Waals surface area contributed by atoms with Gasteiger partial charge in [0, 0.05) is 16.1 Å². The highest BCUT2D eigenvalue weighted by atomic mass is 32.1. The number of alkyl halides is 3. The summed E-state index contributed by atoms with van der Waals surface area (Å²) in [4.78, 5) is 28.8. The van der Waals surface area contributed by atoms with Gasteiger partial charge in [0.2, 0.25) is 0 Å². The van der Waals surface area contributed by atoms with E-state index in [1.807, 2.05) is 0 Å². The van der Waals surface area contributed by atoms with Crippen LogP contribution in [0.15, 0.2) is 29.3 Å². The highest BCUT2D eigenvalue weighted by Crippen LogP contribution is 2.29. The van der Waals surface area contributed by atoms with Gasteiger partial charge in [-0.15, -0.1) is 11.3 Å². The Bertz CT molecular complexity index is 944. The molecule has 27 heavy (non-hydrogen) atoms. The molecule has 1 heterocycles. The summed E-state index contributed by atoms with van der Waals surface area (Å²) in [6, 6.07) is 4.06. The summed E-state index contributed by atoms with van der Waals surface area (Å²) in [5, 5.41) is 9.19. The van der Waals surface area contributed by atoms with Crippen molar-refractivity contribution in [2.45, 2.75) is 44.8 Å². The molecule has 0 spiro atoms. The smallest absolute Gasteiger partial charge is 0.416 e. The lowest BCUT2D eigenvalue weighted by Crippen LogP contribution is -2.23. The van der Waals surface area contributed by atoms with Crippen molar-refractivity contribution in [3.8, 4) is 0 Å². The van der Waals surface area contributed by atoms with E-state index in [0.717, 1.165) is 54.5 Å². The van der Waals surface area contributed by atoms with Crippen LogP contribution in [0.2, 0.25) is 0 Å². The molecule has 1 N–H and O–H groups in total. The lowest BCUT2D eigenvalue weighted by atomic mass is 10.1. The molecule has 2 aromatic rings. The van der Waals surface area contributed by atoms with E-state index in [1.54, 1.807) is 0 Å². The van der Waals surface area contributed by atoms with Gasteiger partial charge in [0.05, 0.1) is 5.56 Å². The van der Waals surface area contributed by atoms with Crippen LogP contribution in [0.4, 0.5) is 13.2 Å². The first-order valence-electron chi connectivity index (χ1n) is 8.45. The molecule has 1 aromatic heterocycles. The molecule has 1 aromatic carbocycles. The second-order valence-electron chi connectivity index (χ2n) is 6.29. The maximum Gasteiger partial charge on any atom is 0.416 e. The van der Waals surface area contributed by atoms with Crippen LogP contribution in [-0.2, 0) is 30.4 Å². The molecule has 3 rings (SSSR count). The highest BCUT2D eigenvalue weighted by Gasteiger charge is 2.31. The number of thiazole rings is 1. The summed E-state index contributed by atoms with van der Waals surface area (Å²) in [6.45, 7) is -0.333. The van der Waals surface area contributed by atoms with Gasteiger partial charge < -0.3 is 9.67 Å². The van der Waals surface area contributed by atoms with E-state index in [2.05, 4.69) is 4.99 Å². The number of benzene rings is 1. The van der Waals surface area contributed by atoms with Gasteiger partial charge in [-0.05, 0) is 43.9 Å². The summed E-state index contributed by atoms with van der Waals surface area (Å²) in [6.07, 6.45) is -0.130. The number of amides is 1. The third-order valence-electron chi connectivity index (χ3n) is 4.34. The van der Waals surface area contributed by atoms with E-state index in [4.69, 9.17) is 0 Å². The molecule has 5 nitrogen and oxygen atoms in total. The normalized spacial score (nSPS) is 15.3. The van der Waals surface area contributed by atoms with Crippen molar-refractivity contribution in [3.05, 3.63) is 50.8 Å². The van der Waals surface area contributed by atoms with E-state index >= 15 is 0 Å². The number of aromatic nitrogens is 1. The molecule has 1 aliphatic carbocycles. The number of hydrogen-bond donors (Lipinski definition) is 1. The lowest BCUT2D eigenvalue weighted by molar-refractivity contribution is -0.138. The zero-order valence-corrected chi connectivity index (χ0v) is 15.1. The second-order valence-corrected chi connectivity index (χ2v) is 7.35. The van der Waals surface area contributed by atoms with Gasteiger partial charge in [0.1, 0.15) is 6.54 Å². The highest BCUT2D eigenvalue weighted by molar-refractivity contribution is 7.09. The molecule has 0 unspecified atom stereocenters. The minimum absolute atomic E-state index is 0.185. The van der Waals surface area contributed by atoms with E-state index in [1.165, 1.54) is 22.0 Å². The summed E-state index contributed by atoms with van der Waals surface area (Å²) >= 11 is 1.24. The number of aliphatic carboxylic acids is 1.